The Morgan fingerprint density at radius 3 is 2.41 bits per heavy atom. The number of rotatable bonds is 3. The van der Waals surface area contributed by atoms with Gasteiger partial charge < -0.3 is 15.9 Å². The van der Waals surface area contributed by atoms with E-state index in [0.717, 1.165) is 6.07 Å². The summed E-state index contributed by atoms with van der Waals surface area (Å²) in [6, 6.07) is -0.620. The number of hydrogen-bond donors (Lipinski definition) is 3. The minimum Gasteiger partial charge on any atom is -0.506 e. The summed E-state index contributed by atoms with van der Waals surface area (Å²) in [6.45, 7) is -1.51. The minimum atomic E-state index is -3.67. The number of aliphatic hydroxyl groups is 1. The zero-order chi connectivity index (χ0) is 12.5. The fourth-order valence-corrected chi connectivity index (χ4v) is 1.36. The molecule has 0 aliphatic carbocycles. The second kappa shape index (κ2) is 5.77. The van der Waals surface area contributed by atoms with Crippen molar-refractivity contribution in [1.29, 1.82) is 0 Å². The average molecular weight is 292 g/mol. The van der Waals surface area contributed by atoms with Crippen LogP contribution in [0.1, 0.15) is 11.6 Å². The molecule has 0 bridgehead atoms. The number of alkyl halides is 2. The van der Waals surface area contributed by atoms with Crippen molar-refractivity contribution >= 4 is 24.0 Å². The Labute approximate surface area is 106 Å². The van der Waals surface area contributed by atoms with E-state index in [1.54, 1.807) is 0 Å². The van der Waals surface area contributed by atoms with E-state index in [9.17, 15) is 18.3 Å². The summed E-state index contributed by atoms with van der Waals surface area (Å²) in [5.41, 5.74) is 4.57. The van der Waals surface area contributed by atoms with E-state index in [2.05, 4.69) is 0 Å². The molecular formula is C9H10Cl2F3NO2. The SMILES string of the molecule is Cl.N[C@@H](c1cc(F)cc(Cl)c1O)C(F)(F)CO. The van der Waals surface area contributed by atoms with Gasteiger partial charge in [0, 0.05) is 5.56 Å². The van der Waals surface area contributed by atoms with Gasteiger partial charge in [0.1, 0.15) is 24.2 Å². The van der Waals surface area contributed by atoms with Crippen LogP contribution in [0.3, 0.4) is 0 Å². The van der Waals surface area contributed by atoms with E-state index in [0.29, 0.717) is 6.07 Å². The second-order valence-electron chi connectivity index (χ2n) is 3.22. The van der Waals surface area contributed by atoms with Gasteiger partial charge in [0.05, 0.1) is 5.02 Å². The van der Waals surface area contributed by atoms with E-state index in [-0.39, 0.29) is 12.4 Å². The normalized spacial score (nSPS) is 13.1. The monoisotopic (exact) mass is 291 g/mol. The molecule has 17 heavy (non-hydrogen) atoms. The number of phenolic OH excluding ortho intramolecular Hbond substituents is 1. The lowest BCUT2D eigenvalue weighted by molar-refractivity contribution is -0.0716. The summed E-state index contributed by atoms with van der Waals surface area (Å²) in [6.07, 6.45) is 0. The molecule has 4 N–H and O–H groups in total. The molecule has 1 atom stereocenters. The van der Waals surface area contributed by atoms with Crippen molar-refractivity contribution in [3.8, 4) is 5.75 Å². The molecule has 0 amide bonds. The van der Waals surface area contributed by atoms with Gasteiger partial charge in [-0.2, -0.15) is 0 Å². The van der Waals surface area contributed by atoms with E-state index in [4.69, 9.17) is 22.4 Å². The Bertz CT molecular complexity index is 404. The number of halogens is 5. The van der Waals surface area contributed by atoms with Crippen LogP contribution in [0.15, 0.2) is 12.1 Å². The molecule has 98 valence electrons. The van der Waals surface area contributed by atoms with Crippen molar-refractivity contribution < 1.29 is 23.4 Å². The molecule has 0 fully saturated rings. The number of benzene rings is 1. The number of hydrogen-bond acceptors (Lipinski definition) is 3. The van der Waals surface area contributed by atoms with Crippen LogP contribution in [0.25, 0.3) is 0 Å². The lowest BCUT2D eigenvalue weighted by Crippen LogP contribution is -2.36. The number of aromatic hydroxyl groups is 1. The van der Waals surface area contributed by atoms with Gasteiger partial charge >= 0.3 is 0 Å². The lowest BCUT2D eigenvalue weighted by atomic mass is 10.0. The predicted molar refractivity (Wildman–Crippen MR) is 59.3 cm³/mol. The van der Waals surface area contributed by atoms with Gasteiger partial charge in [-0.1, -0.05) is 11.6 Å². The fourth-order valence-electron chi connectivity index (χ4n) is 1.15. The summed E-state index contributed by atoms with van der Waals surface area (Å²) < 4.78 is 38.9. The van der Waals surface area contributed by atoms with E-state index >= 15 is 0 Å². The lowest BCUT2D eigenvalue weighted by Gasteiger charge is -2.22. The Kier molecular flexibility index (Phi) is 5.54. The van der Waals surface area contributed by atoms with Crippen molar-refractivity contribution in [3.05, 3.63) is 28.5 Å². The highest BCUT2D eigenvalue weighted by molar-refractivity contribution is 6.32. The quantitative estimate of drug-likeness (QED) is 0.800. The summed E-state index contributed by atoms with van der Waals surface area (Å²) in [5, 5.41) is 17.4. The van der Waals surface area contributed by atoms with Crippen molar-refractivity contribution in [3.63, 3.8) is 0 Å². The van der Waals surface area contributed by atoms with Crippen molar-refractivity contribution in [2.45, 2.75) is 12.0 Å². The van der Waals surface area contributed by atoms with Crippen LogP contribution in [0.4, 0.5) is 13.2 Å². The summed E-state index contributed by atoms with van der Waals surface area (Å²) in [5.74, 6) is -5.29. The molecule has 0 aromatic heterocycles. The van der Waals surface area contributed by atoms with Gasteiger partial charge in [-0.15, -0.1) is 12.4 Å². The van der Waals surface area contributed by atoms with Gasteiger partial charge in [-0.25, -0.2) is 13.2 Å². The first-order valence-corrected chi connectivity index (χ1v) is 4.59. The third-order valence-corrected chi connectivity index (χ3v) is 2.35. The van der Waals surface area contributed by atoms with Crippen LogP contribution < -0.4 is 5.73 Å². The summed E-state index contributed by atoms with van der Waals surface area (Å²) >= 11 is 5.40. The second-order valence-corrected chi connectivity index (χ2v) is 3.63. The summed E-state index contributed by atoms with van der Waals surface area (Å²) in [7, 11) is 0. The molecule has 0 saturated carbocycles. The van der Waals surface area contributed by atoms with Crippen LogP contribution in [0.2, 0.25) is 5.02 Å². The van der Waals surface area contributed by atoms with Crippen molar-refractivity contribution in [1.82, 2.24) is 0 Å². The first kappa shape index (κ1) is 16.3. The van der Waals surface area contributed by atoms with E-state index < -0.39 is 40.7 Å². The molecule has 8 heteroatoms. The van der Waals surface area contributed by atoms with Crippen LogP contribution in [0.5, 0.6) is 5.75 Å². The molecule has 0 unspecified atom stereocenters. The number of phenols is 1. The van der Waals surface area contributed by atoms with Crippen LogP contribution in [0, 0.1) is 5.82 Å². The Morgan fingerprint density at radius 2 is 1.94 bits per heavy atom. The van der Waals surface area contributed by atoms with E-state index in [1.165, 1.54) is 0 Å². The minimum absolute atomic E-state index is 0. The molecule has 3 nitrogen and oxygen atoms in total. The van der Waals surface area contributed by atoms with Crippen molar-refractivity contribution in [2.75, 3.05) is 6.61 Å². The van der Waals surface area contributed by atoms with Gasteiger partial charge in [0.2, 0.25) is 0 Å². The van der Waals surface area contributed by atoms with Gasteiger partial charge in [0.25, 0.3) is 5.92 Å². The molecular weight excluding hydrogens is 282 g/mol. The Morgan fingerprint density at radius 1 is 1.41 bits per heavy atom. The van der Waals surface area contributed by atoms with Crippen molar-refractivity contribution in [2.24, 2.45) is 5.73 Å². The average Bonchev–Trinajstić information content (AvgIpc) is 2.22. The molecule has 0 radical (unpaired) electrons. The first-order valence-electron chi connectivity index (χ1n) is 4.21. The third kappa shape index (κ3) is 3.38. The molecule has 0 aliphatic rings. The Balaban J connectivity index is 0.00000256. The molecule has 1 aromatic rings. The number of nitrogens with two attached hydrogens (primary N) is 1. The third-order valence-electron chi connectivity index (χ3n) is 2.06. The zero-order valence-electron chi connectivity index (χ0n) is 8.33. The van der Waals surface area contributed by atoms with Gasteiger partial charge in [-0.05, 0) is 12.1 Å². The molecule has 1 rings (SSSR count). The maximum Gasteiger partial charge on any atom is 0.289 e. The van der Waals surface area contributed by atoms with Crippen LogP contribution in [-0.4, -0.2) is 22.7 Å². The molecule has 1 aromatic carbocycles. The zero-order valence-corrected chi connectivity index (χ0v) is 9.90. The Hall–Kier alpha value is -0.690. The highest BCUT2D eigenvalue weighted by atomic mass is 35.5. The summed E-state index contributed by atoms with van der Waals surface area (Å²) in [4.78, 5) is 0. The smallest absolute Gasteiger partial charge is 0.289 e. The highest BCUT2D eigenvalue weighted by Crippen LogP contribution is 2.37. The van der Waals surface area contributed by atoms with Gasteiger partial charge in [0.15, 0.2) is 0 Å². The molecule has 0 aliphatic heterocycles. The highest BCUT2D eigenvalue weighted by Gasteiger charge is 2.39. The standard InChI is InChI=1S/C9H9ClF3NO2.ClH/c10-6-2-4(11)1-5(7(6)16)8(14)9(12,13)3-15;/h1-2,8,15-16H,3,14H2;1H/t8-;/m0./s1. The maximum absolute atomic E-state index is 13.0. The molecule has 0 heterocycles. The number of aliphatic hydroxyl groups excluding tert-OH is 1. The van der Waals surface area contributed by atoms with E-state index in [1.807, 2.05) is 0 Å². The predicted octanol–water partition coefficient (Wildman–Crippen LogP) is 2.23. The molecule has 0 saturated heterocycles. The van der Waals surface area contributed by atoms with Crippen LogP contribution in [-0.2, 0) is 0 Å². The van der Waals surface area contributed by atoms with Crippen LogP contribution >= 0.6 is 24.0 Å². The largest absolute Gasteiger partial charge is 0.506 e. The fraction of sp³-hybridized carbons (Fsp3) is 0.333. The molecule has 0 spiro atoms. The maximum atomic E-state index is 13.0. The van der Waals surface area contributed by atoms with Gasteiger partial charge in [-0.3, -0.25) is 0 Å². The first-order chi connectivity index (χ1) is 7.29. The topological polar surface area (TPSA) is 66.5 Å².